The van der Waals surface area contributed by atoms with Crippen LogP contribution in [0.2, 0.25) is 0 Å². The molecule has 33 heavy (non-hydrogen) atoms. The van der Waals surface area contributed by atoms with Crippen LogP contribution < -0.4 is 20.7 Å². The zero-order valence-corrected chi connectivity index (χ0v) is 19.3. The third-order valence-electron chi connectivity index (χ3n) is 4.86. The number of benzene rings is 2. The Labute approximate surface area is 196 Å². The van der Waals surface area contributed by atoms with Gasteiger partial charge in [-0.25, -0.2) is 4.98 Å². The van der Waals surface area contributed by atoms with Crippen molar-refractivity contribution in [3.05, 3.63) is 83.4 Å². The van der Waals surface area contributed by atoms with Crippen LogP contribution in [0.1, 0.15) is 16.1 Å². The van der Waals surface area contributed by atoms with Crippen LogP contribution in [0.4, 0.5) is 17.5 Å². The average molecular weight is 460 g/mol. The molecule has 0 bridgehead atoms. The zero-order valence-electron chi connectivity index (χ0n) is 18.5. The van der Waals surface area contributed by atoms with E-state index in [1.165, 1.54) is 4.88 Å². The van der Waals surface area contributed by atoms with Crippen LogP contribution in [0.3, 0.4) is 0 Å². The fourth-order valence-corrected chi connectivity index (χ4v) is 3.95. The number of nitrogens with one attached hydrogen (secondary N) is 3. The van der Waals surface area contributed by atoms with Gasteiger partial charge in [0.05, 0.1) is 7.11 Å². The lowest BCUT2D eigenvalue weighted by atomic mass is 10.1. The van der Waals surface area contributed by atoms with Crippen LogP contribution >= 0.6 is 11.3 Å². The molecular weight excluding hydrogens is 434 g/mol. The molecule has 8 heteroatoms. The second kappa shape index (κ2) is 10.6. The van der Waals surface area contributed by atoms with E-state index in [0.717, 1.165) is 22.7 Å². The highest BCUT2D eigenvalue weighted by Crippen LogP contribution is 2.24. The molecule has 0 saturated carbocycles. The normalized spacial score (nSPS) is 10.5. The lowest BCUT2D eigenvalue weighted by Crippen LogP contribution is -2.29. The maximum Gasteiger partial charge on any atom is 0.251 e. The van der Waals surface area contributed by atoms with Gasteiger partial charge in [-0.1, -0.05) is 18.2 Å². The van der Waals surface area contributed by atoms with Crippen molar-refractivity contribution in [2.24, 2.45) is 0 Å². The Morgan fingerprint density at radius 1 is 1.00 bits per heavy atom. The third-order valence-corrected chi connectivity index (χ3v) is 5.78. The first-order chi connectivity index (χ1) is 16.1. The Kier molecular flexibility index (Phi) is 7.16. The van der Waals surface area contributed by atoms with Crippen LogP contribution in [-0.2, 0) is 0 Å². The molecule has 0 aliphatic heterocycles. The first kappa shape index (κ1) is 22.3. The summed E-state index contributed by atoms with van der Waals surface area (Å²) in [7, 11) is 1.64. The van der Waals surface area contributed by atoms with E-state index in [1.54, 1.807) is 18.4 Å². The minimum absolute atomic E-state index is 0.110. The van der Waals surface area contributed by atoms with Gasteiger partial charge < -0.3 is 20.7 Å². The van der Waals surface area contributed by atoms with Gasteiger partial charge in [0.1, 0.15) is 11.6 Å². The van der Waals surface area contributed by atoms with E-state index in [1.807, 2.05) is 73.0 Å². The number of ether oxygens (including phenoxy) is 1. The first-order valence-electron chi connectivity index (χ1n) is 10.5. The molecule has 0 fully saturated rings. The van der Waals surface area contributed by atoms with Crippen molar-refractivity contribution < 1.29 is 9.53 Å². The van der Waals surface area contributed by atoms with Crippen molar-refractivity contribution >= 4 is 34.7 Å². The second-order valence-electron chi connectivity index (χ2n) is 7.31. The van der Waals surface area contributed by atoms with Gasteiger partial charge in [0.25, 0.3) is 5.91 Å². The minimum Gasteiger partial charge on any atom is -0.497 e. The molecule has 0 aliphatic rings. The van der Waals surface area contributed by atoms with E-state index in [-0.39, 0.29) is 5.91 Å². The van der Waals surface area contributed by atoms with E-state index >= 15 is 0 Å². The monoisotopic (exact) mass is 459 g/mol. The summed E-state index contributed by atoms with van der Waals surface area (Å²) in [5.41, 5.74) is 3.47. The van der Waals surface area contributed by atoms with Gasteiger partial charge in [0.2, 0.25) is 5.95 Å². The van der Waals surface area contributed by atoms with Crippen molar-refractivity contribution in [1.29, 1.82) is 0 Å². The van der Waals surface area contributed by atoms with E-state index in [0.29, 0.717) is 30.4 Å². The Bertz CT molecular complexity index is 1190. The highest BCUT2D eigenvalue weighted by Gasteiger charge is 2.07. The Morgan fingerprint density at radius 2 is 1.79 bits per heavy atom. The van der Waals surface area contributed by atoms with Crippen LogP contribution in [0.5, 0.6) is 5.75 Å². The maximum absolute atomic E-state index is 12.4. The van der Waals surface area contributed by atoms with Crippen LogP contribution in [0.15, 0.2) is 72.1 Å². The smallest absolute Gasteiger partial charge is 0.251 e. The van der Waals surface area contributed by atoms with Crippen molar-refractivity contribution in [3.63, 3.8) is 0 Å². The molecule has 2 aromatic carbocycles. The fourth-order valence-electron chi connectivity index (χ4n) is 3.21. The number of rotatable bonds is 9. The minimum atomic E-state index is -0.110. The molecule has 0 aliphatic carbocycles. The molecule has 4 rings (SSSR count). The summed E-state index contributed by atoms with van der Waals surface area (Å²) < 4.78 is 5.19. The molecule has 168 valence electrons. The molecule has 2 aromatic heterocycles. The number of hydrogen-bond acceptors (Lipinski definition) is 7. The van der Waals surface area contributed by atoms with Crippen molar-refractivity contribution in [1.82, 2.24) is 15.3 Å². The molecule has 1 amide bonds. The standard InChI is InChI=1S/C25H25N5O2S/c1-17-16-23(29-20-9-11-21(32-2)12-10-20)30-25(28-17)27-14-13-26-24(31)19-7-5-18(6-8-19)22-4-3-15-33-22/h3-12,15-16H,13-14H2,1-2H3,(H,26,31)(H2,27,28,29,30). The summed E-state index contributed by atoms with van der Waals surface area (Å²) in [6, 6.07) is 21.2. The van der Waals surface area contributed by atoms with Crippen molar-refractivity contribution in [3.8, 4) is 16.2 Å². The molecule has 0 saturated heterocycles. The van der Waals surface area contributed by atoms with E-state index in [9.17, 15) is 4.79 Å². The molecule has 7 nitrogen and oxygen atoms in total. The summed E-state index contributed by atoms with van der Waals surface area (Å²) in [5, 5.41) is 11.4. The predicted molar refractivity (Wildman–Crippen MR) is 134 cm³/mol. The molecule has 0 unspecified atom stereocenters. The SMILES string of the molecule is COc1ccc(Nc2cc(C)nc(NCCNC(=O)c3ccc(-c4cccs4)cc3)n2)cc1. The molecule has 0 spiro atoms. The van der Waals surface area contributed by atoms with Crippen LogP contribution in [-0.4, -0.2) is 36.1 Å². The summed E-state index contributed by atoms with van der Waals surface area (Å²) >= 11 is 1.68. The second-order valence-corrected chi connectivity index (χ2v) is 8.26. The van der Waals surface area contributed by atoms with Gasteiger partial charge in [-0.2, -0.15) is 4.98 Å². The number of hydrogen-bond donors (Lipinski definition) is 3. The maximum atomic E-state index is 12.4. The number of anilines is 3. The quantitative estimate of drug-likeness (QED) is 0.302. The zero-order chi connectivity index (χ0) is 23.0. The Morgan fingerprint density at radius 3 is 2.48 bits per heavy atom. The van der Waals surface area contributed by atoms with Gasteiger partial charge >= 0.3 is 0 Å². The topological polar surface area (TPSA) is 88.2 Å². The third kappa shape index (κ3) is 6.08. The number of carbonyl (C=O) groups excluding carboxylic acids is 1. The molecule has 4 aromatic rings. The predicted octanol–water partition coefficient (Wildman–Crippen LogP) is 5.11. The summed E-state index contributed by atoms with van der Waals surface area (Å²) in [4.78, 5) is 22.5. The average Bonchev–Trinajstić information content (AvgIpc) is 3.37. The highest BCUT2D eigenvalue weighted by atomic mass is 32.1. The van der Waals surface area contributed by atoms with Gasteiger partial charge in [-0.3, -0.25) is 4.79 Å². The fraction of sp³-hybridized carbons (Fsp3) is 0.160. The van der Waals surface area contributed by atoms with Gasteiger partial charge in [0, 0.05) is 41.0 Å². The number of thiophene rings is 1. The van der Waals surface area contributed by atoms with Crippen molar-refractivity contribution in [2.45, 2.75) is 6.92 Å². The molecule has 0 atom stereocenters. The van der Waals surface area contributed by atoms with Crippen molar-refractivity contribution in [2.75, 3.05) is 30.8 Å². The first-order valence-corrected chi connectivity index (χ1v) is 11.4. The summed E-state index contributed by atoms with van der Waals surface area (Å²) in [6.45, 7) is 2.86. The number of nitrogens with zero attached hydrogens (tertiary/aromatic N) is 2. The molecular formula is C25H25N5O2S. The number of aromatic nitrogens is 2. The van der Waals surface area contributed by atoms with Gasteiger partial charge in [0.15, 0.2) is 0 Å². The van der Waals surface area contributed by atoms with E-state index in [4.69, 9.17) is 4.74 Å². The van der Waals surface area contributed by atoms with Gasteiger partial charge in [-0.15, -0.1) is 11.3 Å². The van der Waals surface area contributed by atoms with Gasteiger partial charge in [-0.05, 0) is 60.3 Å². The largest absolute Gasteiger partial charge is 0.497 e. The Balaban J connectivity index is 1.28. The highest BCUT2D eigenvalue weighted by molar-refractivity contribution is 7.13. The molecule has 2 heterocycles. The lowest BCUT2D eigenvalue weighted by molar-refractivity contribution is 0.0955. The van der Waals surface area contributed by atoms with Crippen LogP contribution in [0.25, 0.3) is 10.4 Å². The molecule has 0 radical (unpaired) electrons. The lowest BCUT2D eigenvalue weighted by Gasteiger charge is -2.11. The van der Waals surface area contributed by atoms with E-state index in [2.05, 4.69) is 32.0 Å². The molecule has 3 N–H and O–H groups in total. The Hall–Kier alpha value is -3.91. The summed E-state index contributed by atoms with van der Waals surface area (Å²) in [5.74, 6) is 1.87. The number of carbonyl (C=O) groups is 1. The van der Waals surface area contributed by atoms with E-state index < -0.39 is 0 Å². The number of methoxy groups -OCH3 is 1. The summed E-state index contributed by atoms with van der Waals surface area (Å²) in [6.07, 6.45) is 0. The number of amides is 1. The number of aryl methyl sites for hydroxylation is 1. The van der Waals surface area contributed by atoms with Crippen LogP contribution in [0, 0.1) is 6.92 Å².